The molecular weight excluding hydrogens is 502 g/mol. The molecule has 0 saturated heterocycles. The Balaban J connectivity index is 1.16. The molecule has 39 heavy (non-hydrogen) atoms. The van der Waals surface area contributed by atoms with Crippen molar-refractivity contribution in [1.82, 2.24) is 29.8 Å². The highest BCUT2D eigenvalue weighted by molar-refractivity contribution is 5.98. The van der Waals surface area contributed by atoms with Gasteiger partial charge in [0.15, 0.2) is 11.2 Å². The molecule has 3 saturated carbocycles. The van der Waals surface area contributed by atoms with E-state index in [4.69, 9.17) is 10.2 Å². The summed E-state index contributed by atoms with van der Waals surface area (Å²) in [5, 5.41) is 10.1. The van der Waals surface area contributed by atoms with E-state index in [0.717, 1.165) is 44.1 Å². The van der Waals surface area contributed by atoms with Crippen LogP contribution in [0.5, 0.6) is 0 Å². The van der Waals surface area contributed by atoms with Crippen LogP contribution in [0.4, 0.5) is 0 Å². The topological polar surface area (TPSA) is 167 Å². The van der Waals surface area contributed by atoms with Crippen molar-refractivity contribution >= 4 is 34.5 Å². The van der Waals surface area contributed by atoms with Crippen LogP contribution in [-0.4, -0.2) is 43.4 Å². The maximum Gasteiger partial charge on any atom is 0.419 e. The monoisotopic (exact) mass is 531 g/mol. The zero-order valence-corrected chi connectivity index (χ0v) is 21.5. The van der Waals surface area contributed by atoms with E-state index in [0.29, 0.717) is 23.3 Å². The van der Waals surface area contributed by atoms with Gasteiger partial charge in [0, 0.05) is 37.7 Å². The summed E-state index contributed by atoms with van der Waals surface area (Å²) >= 11 is 0. The number of benzene rings is 1. The van der Waals surface area contributed by atoms with Gasteiger partial charge in [-0.15, -0.1) is 0 Å². The molecule has 12 heteroatoms. The minimum Gasteiger partial charge on any atom is -0.408 e. The Bertz CT molecular complexity index is 1670. The van der Waals surface area contributed by atoms with Gasteiger partial charge in [0.05, 0.1) is 11.7 Å². The molecule has 12 nitrogen and oxygen atoms in total. The Kier molecular flexibility index (Phi) is 5.77. The summed E-state index contributed by atoms with van der Waals surface area (Å²) in [5.41, 5.74) is 7.77. The first-order valence-electron chi connectivity index (χ1n) is 13.0. The molecular formula is C27H29N7O5. The van der Waals surface area contributed by atoms with Gasteiger partial charge in [-0.1, -0.05) is 6.07 Å². The van der Waals surface area contributed by atoms with Gasteiger partial charge in [-0.25, -0.2) is 14.3 Å². The SMILES string of the molecule is Cn1c(=O)oc2ccc(CNC(=O)c3cc(C(=O)NCC45CCC(C(N)=O)(CC4)CC5)n4nccc4n3)cc21. The number of primary amides is 1. The predicted octanol–water partition coefficient (Wildman–Crippen LogP) is 1.66. The van der Waals surface area contributed by atoms with Crippen LogP contribution < -0.4 is 22.1 Å². The van der Waals surface area contributed by atoms with Gasteiger partial charge < -0.3 is 20.8 Å². The average molecular weight is 532 g/mol. The molecule has 3 heterocycles. The number of aromatic nitrogens is 4. The average Bonchev–Trinajstić information content (AvgIpc) is 3.54. The predicted molar refractivity (Wildman–Crippen MR) is 140 cm³/mol. The molecule has 0 atom stereocenters. The van der Waals surface area contributed by atoms with E-state index in [1.54, 1.807) is 31.3 Å². The van der Waals surface area contributed by atoms with Crippen LogP contribution in [0.15, 0.2) is 45.7 Å². The van der Waals surface area contributed by atoms with Crippen molar-refractivity contribution in [2.75, 3.05) is 6.54 Å². The lowest BCUT2D eigenvalue weighted by Gasteiger charge is -2.52. The number of fused-ring (bicyclic) bond motifs is 5. The molecule has 0 aliphatic heterocycles. The molecule has 3 fully saturated rings. The molecule has 7 rings (SSSR count). The third-order valence-electron chi connectivity index (χ3n) is 8.68. The van der Waals surface area contributed by atoms with E-state index in [-0.39, 0.29) is 40.6 Å². The number of nitrogens with two attached hydrogens (primary N) is 1. The summed E-state index contributed by atoms with van der Waals surface area (Å²) in [4.78, 5) is 54.4. The fourth-order valence-electron chi connectivity index (χ4n) is 6.00. The molecule has 0 spiro atoms. The number of oxazole rings is 1. The summed E-state index contributed by atoms with van der Waals surface area (Å²) in [7, 11) is 1.62. The summed E-state index contributed by atoms with van der Waals surface area (Å²) in [6.07, 6.45) is 6.32. The summed E-state index contributed by atoms with van der Waals surface area (Å²) < 4.78 is 7.96. The molecule has 4 aromatic rings. The number of carbonyl (C=O) groups is 3. The van der Waals surface area contributed by atoms with Gasteiger partial charge >= 0.3 is 5.76 Å². The van der Waals surface area contributed by atoms with Crippen molar-refractivity contribution in [3.05, 3.63) is 64.0 Å². The van der Waals surface area contributed by atoms with Gasteiger partial charge in [-0.2, -0.15) is 5.10 Å². The minimum absolute atomic E-state index is 0.0527. The number of rotatable bonds is 7. The van der Waals surface area contributed by atoms with Crippen LogP contribution in [0.1, 0.15) is 65.1 Å². The second-order valence-corrected chi connectivity index (χ2v) is 10.9. The highest BCUT2D eigenvalue weighted by Gasteiger charge is 2.51. The molecule has 3 aliphatic rings. The second-order valence-electron chi connectivity index (χ2n) is 10.9. The van der Waals surface area contributed by atoms with Crippen molar-refractivity contribution in [3.8, 4) is 0 Å². The van der Waals surface area contributed by atoms with Crippen molar-refractivity contribution < 1.29 is 18.8 Å². The Morgan fingerprint density at radius 1 is 1.03 bits per heavy atom. The summed E-state index contributed by atoms with van der Waals surface area (Å²) in [6.45, 7) is 0.670. The number of nitrogens with zero attached hydrogens (tertiary/aromatic N) is 4. The lowest BCUT2D eigenvalue weighted by molar-refractivity contribution is -0.136. The number of hydrogen-bond donors (Lipinski definition) is 3. The van der Waals surface area contributed by atoms with E-state index in [1.165, 1.54) is 21.3 Å². The van der Waals surface area contributed by atoms with E-state index >= 15 is 0 Å². The Labute approximate surface area is 222 Å². The van der Waals surface area contributed by atoms with Gasteiger partial charge in [-0.05, 0) is 61.6 Å². The third-order valence-corrected chi connectivity index (χ3v) is 8.68. The molecule has 0 unspecified atom stereocenters. The third kappa shape index (κ3) is 4.25. The van der Waals surface area contributed by atoms with Gasteiger partial charge in [0.2, 0.25) is 5.91 Å². The molecule has 4 N–H and O–H groups in total. The quantitative estimate of drug-likeness (QED) is 0.326. The van der Waals surface area contributed by atoms with Crippen molar-refractivity contribution in [2.45, 2.75) is 45.1 Å². The van der Waals surface area contributed by atoms with Crippen molar-refractivity contribution in [3.63, 3.8) is 0 Å². The maximum atomic E-state index is 13.3. The first-order chi connectivity index (χ1) is 18.7. The zero-order valence-electron chi connectivity index (χ0n) is 21.5. The van der Waals surface area contributed by atoms with E-state index < -0.39 is 11.7 Å². The first-order valence-corrected chi connectivity index (χ1v) is 13.0. The van der Waals surface area contributed by atoms with E-state index in [9.17, 15) is 19.2 Å². The fourth-order valence-corrected chi connectivity index (χ4v) is 6.00. The zero-order chi connectivity index (χ0) is 27.4. The number of aryl methyl sites for hydroxylation is 1. The Morgan fingerprint density at radius 3 is 2.49 bits per heavy atom. The van der Waals surface area contributed by atoms with E-state index in [1.807, 2.05) is 0 Å². The minimum atomic E-state index is -0.458. The number of amides is 3. The maximum absolute atomic E-state index is 13.3. The van der Waals surface area contributed by atoms with Gasteiger partial charge in [0.25, 0.3) is 11.8 Å². The van der Waals surface area contributed by atoms with Crippen LogP contribution in [-0.2, 0) is 18.4 Å². The molecule has 3 aliphatic carbocycles. The standard InChI is InChI=1S/C27H29N7O5/c1-33-18-12-16(2-3-20(18)39-25(33)38)14-29-22(35)17-13-19(34-21(32-17)4-11-31-34)23(36)30-15-26-5-8-27(9-6-26,10-7-26)24(28)37/h2-4,11-13H,5-10,14-15H2,1H3,(H2,28,37)(H,29,35)(H,30,36). The fraction of sp³-hybridized carbons (Fsp3) is 0.407. The Morgan fingerprint density at radius 2 is 1.77 bits per heavy atom. The smallest absolute Gasteiger partial charge is 0.408 e. The van der Waals surface area contributed by atoms with Gasteiger partial charge in [0.1, 0.15) is 11.4 Å². The van der Waals surface area contributed by atoms with Crippen LogP contribution in [0.25, 0.3) is 16.7 Å². The van der Waals surface area contributed by atoms with Crippen LogP contribution in [0.2, 0.25) is 0 Å². The second kappa shape index (κ2) is 9.07. The molecule has 3 aromatic heterocycles. The van der Waals surface area contributed by atoms with Crippen LogP contribution in [0.3, 0.4) is 0 Å². The van der Waals surface area contributed by atoms with Crippen LogP contribution in [0, 0.1) is 10.8 Å². The normalized spacial score (nSPS) is 22.3. The molecule has 1 aromatic carbocycles. The highest BCUT2D eigenvalue weighted by atomic mass is 16.4. The largest absolute Gasteiger partial charge is 0.419 e. The molecule has 0 radical (unpaired) electrons. The van der Waals surface area contributed by atoms with E-state index in [2.05, 4.69) is 20.7 Å². The highest BCUT2D eigenvalue weighted by Crippen LogP contribution is 2.56. The van der Waals surface area contributed by atoms with Gasteiger partial charge in [-0.3, -0.25) is 19.0 Å². The molecule has 202 valence electrons. The number of carbonyl (C=O) groups excluding carboxylic acids is 3. The number of nitrogens with one attached hydrogen (secondary N) is 2. The molecule has 3 amide bonds. The molecule has 2 bridgehead atoms. The summed E-state index contributed by atoms with van der Waals surface area (Å²) in [5.74, 6) is -1.47. The lowest BCUT2D eigenvalue weighted by atomic mass is 9.53. The Hall–Kier alpha value is -4.48. The van der Waals surface area contributed by atoms with Crippen molar-refractivity contribution in [1.29, 1.82) is 0 Å². The first kappa shape index (κ1) is 24.8. The summed E-state index contributed by atoms with van der Waals surface area (Å²) in [6, 6.07) is 8.29. The van der Waals surface area contributed by atoms with Crippen LogP contribution >= 0.6 is 0 Å². The lowest BCUT2D eigenvalue weighted by Crippen LogP contribution is -2.52. The van der Waals surface area contributed by atoms with Crippen molar-refractivity contribution in [2.24, 2.45) is 23.6 Å². The number of hydrogen-bond acceptors (Lipinski definition) is 7.